The Morgan fingerprint density at radius 1 is 0.912 bits per heavy atom. The molecule has 6 nitrogen and oxygen atoms in total. The highest BCUT2D eigenvalue weighted by Crippen LogP contribution is 2.50. The van der Waals surface area contributed by atoms with Crippen LogP contribution >= 0.6 is 23.5 Å². The summed E-state index contributed by atoms with van der Waals surface area (Å²) >= 11 is 2.95. The molecule has 0 bridgehead atoms. The second-order valence-electron chi connectivity index (χ2n) is 7.76. The Balaban J connectivity index is 1.50. The molecule has 0 radical (unpaired) electrons. The minimum absolute atomic E-state index is 0.141. The molecule has 6 rings (SSSR count). The molecule has 8 heteroatoms. The summed E-state index contributed by atoms with van der Waals surface area (Å²) in [6.45, 7) is 0. The maximum absolute atomic E-state index is 13.8. The molecule has 0 unspecified atom stereocenters. The van der Waals surface area contributed by atoms with Gasteiger partial charge in [-0.25, -0.2) is 4.99 Å². The second-order valence-corrected chi connectivity index (χ2v) is 9.77. The Labute approximate surface area is 204 Å². The summed E-state index contributed by atoms with van der Waals surface area (Å²) in [5.74, 6) is -0.00303. The number of carbonyl (C=O) groups is 1. The lowest BCUT2D eigenvalue weighted by Gasteiger charge is -2.17. The van der Waals surface area contributed by atoms with Crippen molar-refractivity contribution >= 4 is 62.6 Å². The number of phenolic OH excluding ortho intramolecular Hbond substituents is 1. The zero-order valence-corrected chi connectivity index (χ0v) is 19.7. The number of hydrogen-bond donors (Lipinski definition) is 1. The Morgan fingerprint density at radius 2 is 1.74 bits per heavy atom. The number of fused-ring (bicyclic) bond motifs is 2. The molecule has 0 aliphatic carbocycles. The summed E-state index contributed by atoms with van der Waals surface area (Å²) in [6.07, 6.45) is 1.75. The quantitative estimate of drug-likeness (QED) is 0.347. The van der Waals surface area contributed by atoms with Crippen molar-refractivity contribution in [2.75, 3.05) is 16.8 Å². The number of anilines is 2. The van der Waals surface area contributed by atoms with Gasteiger partial charge in [0.1, 0.15) is 10.7 Å². The minimum atomic E-state index is -0.144. The molecule has 4 aromatic rings. The number of aliphatic imine (C=N–C) groups is 1. The molecular weight excluding hydrogens is 464 g/mol. The summed E-state index contributed by atoms with van der Waals surface area (Å²) < 4.78 is 0. The van der Waals surface area contributed by atoms with Gasteiger partial charge in [-0.1, -0.05) is 30.0 Å². The van der Waals surface area contributed by atoms with Crippen molar-refractivity contribution in [3.8, 4) is 5.75 Å². The first-order valence-electron chi connectivity index (χ1n) is 10.6. The third-order valence-electron chi connectivity index (χ3n) is 5.66. The molecule has 166 valence electrons. The summed E-state index contributed by atoms with van der Waals surface area (Å²) in [7, 11) is 1.98. The lowest BCUT2D eigenvalue weighted by atomic mass is 10.2. The van der Waals surface area contributed by atoms with Gasteiger partial charge < -0.3 is 10.0 Å². The maximum Gasteiger partial charge on any atom is 0.274 e. The molecule has 0 atom stereocenters. The molecule has 2 aliphatic rings. The van der Waals surface area contributed by atoms with Gasteiger partial charge in [0, 0.05) is 23.5 Å². The summed E-state index contributed by atoms with van der Waals surface area (Å²) in [4.78, 5) is 28.5. The molecule has 3 heterocycles. The first-order chi connectivity index (χ1) is 16.6. The molecule has 0 saturated carbocycles. The van der Waals surface area contributed by atoms with Crippen LogP contribution in [0.4, 0.5) is 17.1 Å². The highest BCUT2D eigenvalue weighted by Gasteiger charge is 2.40. The fraction of sp³-hybridized carbons (Fsp3) is 0.0385. The number of amidine groups is 1. The van der Waals surface area contributed by atoms with Gasteiger partial charge in [-0.3, -0.25) is 14.7 Å². The van der Waals surface area contributed by atoms with Crippen molar-refractivity contribution in [1.82, 2.24) is 4.98 Å². The summed E-state index contributed by atoms with van der Waals surface area (Å²) in [5, 5.41) is 12.1. The van der Waals surface area contributed by atoms with E-state index in [4.69, 9.17) is 4.99 Å². The molecule has 1 fully saturated rings. The molecule has 1 amide bonds. The van der Waals surface area contributed by atoms with Gasteiger partial charge in [-0.15, -0.1) is 0 Å². The van der Waals surface area contributed by atoms with Crippen LogP contribution in [0.15, 0.2) is 105 Å². The summed E-state index contributed by atoms with van der Waals surface area (Å²) in [6, 6.07) is 24.3. The molecule has 0 spiro atoms. The first kappa shape index (κ1) is 20.8. The highest BCUT2D eigenvalue weighted by molar-refractivity contribution is 8.20. The normalized spacial score (nSPS) is 18.9. The Kier molecular flexibility index (Phi) is 5.04. The van der Waals surface area contributed by atoms with Gasteiger partial charge in [0.15, 0.2) is 5.17 Å². The topological polar surface area (TPSA) is 69.0 Å². The lowest BCUT2D eigenvalue weighted by Crippen LogP contribution is -2.29. The fourth-order valence-corrected chi connectivity index (χ4v) is 6.33. The van der Waals surface area contributed by atoms with E-state index in [1.165, 1.54) is 11.8 Å². The predicted octanol–water partition coefficient (Wildman–Crippen LogP) is 6.12. The van der Waals surface area contributed by atoms with Gasteiger partial charge in [0.2, 0.25) is 0 Å². The third kappa shape index (κ3) is 3.43. The Bertz CT molecular complexity index is 1510. The van der Waals surface area contributed by atoms with Crippen LogP contribution in [0.25, 0.3) is 10.9 Å². The molecule has 3 aromatic carbocycles. The lowest BCUT2D eigenvalue weighted by molar-refractivity contribution is -0.113. The fourth-order valence-electron chi connectivity index (χ4n) is 4.00. The number of aromatic nitrogens is 1. The Hall–Kier alpha value is -3.75. The van der Waals surface area contributed by atoms with Crippen LogP contribution < -0.4 is 9.80 Å². The van der Waals surface area contributed by atoms with E-state index < -0.39 is 0 Å². The smallest absolute Gasteiger partial charge is 0.274 e. The molecule has 2 aliphatic heterocycles. The standard InChI is InChI=1S/C26H18N4O2S2/c1-29-21-9-2-3-10-22(21)33-25(29)23-24(32)30(16-11-13-17(31)14-12-16)26(34-23)28-20-8-4-7-19-18(20)6-5-15-27-19/h2-15,31H,1H3/b25-23-,28-26?. The maximum atomic E-state index is 13.8. The number of nitrogens with zero attached hydrogens (tertiary/aromatic N) is 4. The van der Waals surface area contributed by atoms with E-state index in [-0.39, 0.29) is 11.7 Å². The molecule has 1 N–H and O–H groups in total. The highest BCUT2D eigenvalue weighted by atomic mass is 32.2. The number of thioether (sulfide) groups is 2. The second kappa shape index (κ2) is 8.23. The van der Waals surface area contributed by atoms with Crippen molar-refractivity contribution < 1.29 is 9.90 Å². The number of pyridine rings is 1. The van der Waals surface area contributed by atoms with Crippen molar-refractivity contribution in [3.05, 3.63) is 95.0 Å². The van der Waals surface area contributed by atoms with Crippen LogP contribution in [0, 0.1) is 0 Å². The third-order valence-corrected chi connectivity index (χ3v) is 8.05. The van der Waals surface area contributed by atoms with E-state index in [9.17, 15) is 9.90 Å². The largest absolute Gasteiger partial charge is 0.508 e. The van der Waals surface area contributed by atoms with E-state index in [0.717, 1.165) is 32.2 Å². The molecule has 1 saturated heterocycles. The van der Waals surface area contributed by atoms with E-state index >= 15 is 0 Å². The average Bonchev–Trinajstić information content (AvgIpc) is 3.36. The van der Waals surface area contributed by atoms with Crippen LogP contribution in [0.1, 0.15) is 0 Å². The van der Waals surface area contributed by atoms with E-state index in [1.807, 2.05) is 49.5 Å². The number of aromatic hydroxyl groups is 1. The molecule has 34 heavy (non-hydrogen) atoms. The first-order valence-corrected chi connectivity index (χ1v) is 12.2. The van der Waals surface area contributed by atoms with Gasteiger partial charge in [0.25, 0.3) is 5.91 Å². The van der Waals surface area contributed by atoms with Gasteiger partial charge >= 0.3 is 0 Å². The summed E-state index contributed by atoms with van der Waals surface area (Å²) in [5.41, 5.74) is 3.30. The zero-order chi connectivity index (χ0) is 23.2. The van der Waals surface area contributed by atoms with Crippen LogP contribution in [-0.4, -0.2) is 28.2 Å². The van der Waals surface area contributed by atoms with Crippen molar-refractivity contribution in [1.29, 1.82) is 0 Å². The van der Waals surface area contributed by atoms with Crippen LogP contribution in [0.5, 0.6) is 5.75 Å². The number of para-hydroxylation sites is 1. The number of benzene rings is 3. The number of hydrogen-bond acceptors (Lipinski definition) is 7. The van der Waals surface area contributed by atoms with Crippen LogP contribution in [0.3, 0.4) is 0 Å². The van der Waals surface area contributed by atoms with Gasteiger partial charge in [-0.05, 0) is 72.4 Å². The molecule has 1 aromatic heterocycles. The monoisotopic (exact) mass is 482 g/mol. The van der Waals surface area contributed by atoms with Crippen LogP contribution in [-0.2, 0) is 4.79 Å². The number of rotatable bonds is 2. The van der Waals surface area contributed by atoms with E-state index in [2.05, 4.69) is 22.0 Å². The van der Waals surface area contributed by atoms with Crippen molar-refractivity contribution in [3.63, 3.8) is 0 Å². The Morgan fingerprint density at radius 3 is 2.56 bits per heavy atom. The SMILES string of the molecule is CN1/C(=C2/SC(=Nc3cccc4ncccc34)N(c3ccc(O)cc3)C2=O)Sc2ccccc21. The predicted molar refractivity (Wildman–Crippen MR) is 140 cm³/mol. The van der Waals surface area contributed by atoms with Crippen LogP contribution in [0.2, 0.25) is 0 Å². The number of carbonyl (C=O) groups excluding carboxylic acids is 1. The van der Waals surface area contributed by atoms with E-state index in [1.54, 1.807) is 47.1 Å². The van der Waals surface area contributed by atoms with Gasteiger partial charge in [0.05, 0.1) is 27.6 Å². The van der Waals surface area contributed by atoms with Crippen molar-refractivity contribution in [2.24, 2.45) is 4.99 Å². The number of amides is 1. The van der Waals surface area contributed by atoms with E-state index in [0.29, 0.717) is 15.8 Å². The zero-order valence-electron chi connectivity index (χ0n) is 18.0. The molecular formula is C26H18N4O2S2. The number of phenols is 1. The van der Waals surface area contributed by atoms with Crippen molar-refractivity contribution in [2.45, 2.75) is 4.90 Å². The van der Waals surface area contributed by atoms with Gasteiger partial charge in [-0.2, -0.15) is 0 Å². The minimum Gasteiger partial charge on any atom is -0.508 e. The average molecular weight is 483 g/mol.